The molecule has 4 aromatic carbocycles. The van der Waals surface area contributed by atoms with E-state index in [0.717, 1.165) is 5.56 Å². The van der Waals surface area contributed by atoms with Crippen LogP contribution in [0.1, 0.15) is 34.8 Å². The molecule has 0 saturated carbocycles. The van der Waals surface area contributed by atoms with Gasteiger partial charge in [-0.3, -0.25) is 0 Å². The largest absolute Gasteiger partial charge is 0.508 e. The fraction of sp³-hybridized carbons (Fsp3) is 0.250. The molecule has 0 fully saturated rings. The number of hydrogen-bond donors (Lipinski definition) is 3. The van der Waals surface area contributed by atoms with Crippen LogP contribution in [0.4, 0.5) is 0 Å². The molecule has 274 valence electrons. The Bertz CT molecular complexity index is 1850. The van der Waals surface area contributed by atoms with E-state index in [9.17, 15) is 24.9 Å². The molecular weight excluding hydrogens is 672 g/mol. The number of benzene rings is 4. The molecule has 12 nitrogen and oxygen atoms in total. The Morgan fingerprint density at radius 2 is 1.27 bits per heavy atom. The van der Waals surface area contributed by atoms with Crippen LogP contribution in [-0.4, -0.2) is 75.0 Å². The molecule has 0 bridgehead atoms. The summed E-state index contributed by atoms with van der Waals surface area (Å²) in [7, 11) is 5.87. The summed E-state index contributed by atoms with van der Waals surface area (Å²) in [6.45, 7) is -0.0334. The number of phenols is 3. The van der Waals surface area contributed by atoms with Crippen LogP contribution in [-0.2, 0) is 30.2 Å². The van der Waals surface area contributed by atoms with Gasteiger partial charge in [-0.25, -0.2) is 9.59 Å². The number of ether oxygens (including phenoxy) is 7. The Kier molecular flexibility index (Phi) is 14.4. The molecule has 0 amide bonds. The van der Waals surface area contributed by atoms with Gasteiger partial charge in [-0.15, -0.1) is 0 Å². The summed E-state index contributed by atoms with van der Waals surface area (Å²) < 4.78 is 39.2. The van der Waals surface area contributed by atoms with Gasteiger partial charge in [-0.2, -0.15) is 0 Å². The second-order valence-corrected chi connectivity index (χ2v) is 11.3. The minimum Gasteiger partial charge on any atom is -0.508 e. The molecule has 0 radical (unpaired) electrons. The third-order valence-electron chi connectivity index (χ3n) is 7.79. The van der Waals surface area contributed by atoms with Crippen LogP contribution in [0.5, 0.6) is 40.2 Å². The molecule has 0 aromatic heterocycles. The molecule has 2 atom stereocenters. The number of phenolic OH excluding ortho intramolecular Hbond substituents is 3. The first-order valence-corrected chi connectivity index (χ1v) is 16.2. The predicted octanol–water partition coefficient (Wildman–Crippen LogP) is 6.41. The zero-order valence-corrected chi connectivity index (χ0v) is 29.3. The van der Waals surface area contributed by atoms with Gasteiger partial charge in [0, 0.05) is 19.3 Å². The number of rotatable bonds is 18. The monoisotopic (exact) mass is 714 g/mol. The first kappa shape index (κ1) is 38.7. The summed E-state index contributed by atoms with van der Waals surface area (Å²) in [5.74, 6) is 0.244. The van der Waals surface area contributed by atoms with Crippen molar-refractivity contribution in [2.75, 3.05) is 41.7 Å². The van der Waals surface area contributed by atoms with Crippen molar-refractivity contribution in [3.8, 4) is 40.2 Å². The smallest absolute Gasteiger partial charge is 0.330 e. The Labute approximate surface area is 302 Å². The second-order valence-electron chi connectivity index (χ2n) is 11.3. The summed E-state index contributed by atoms with van der Waals surface area (Å²) in [5.41, 5.74) is 2.87. The van der Waals surface area contributed by atoms with Gasteiger partial charge >= 0.3 is 11.9 Å². The predicted molar refractivity (Wildman–Crippen MR) is 193 cm³/mol. The number of carbonyl (C=O) groups excluding carboxylic acids is 2. The second kappa shape index (κ2) is 19.3. The van der Waals surface area contributed by atoms with Crippen LogP contribution < -0.4 is 18.9 Å². The molecule has 3 N–H and O–H groups in total. The van der Waals surface area contributed by atoms with E-state index in [1.807, 2.05) is 12.1 Å². The van der Waals surface area contributed by atoms with Gasteiger partial charge in [0.1, 0.15) is 18.5 Å². The molecule has 0 aliphatic rings. The SMILES string of the molecule is COc1cc(C=CC(=O)OCCCc2ccc(O[C@@H](COC(=O)C=Cc3ccc(O)cc3)[C@@H](OC)c3ccc(O)c(OC)c3)c(OC)c2)ccc1O. The highest BCUT2D eigenvalue weighted by Crippen LogP contribution is 2.36. The summed E-state index contributed by atoms with van der Waals surface area (Å²) in [5, 5.41) is 29.4. The molecule has 4 rings (SSSR count). The first-order valence-electron chi connectivity index (χ1n) is 16.2. The molecular formula is C40H42O12. The standard InChI is InChI=1S/C40H42O12/c1-46-34-22-28(9-16-31(34)42)12-20-38(44)50-21-5-6-27-10-18-33(36(23-27)48-3)52-37(40(49-4)29-13-17-32(43)35(24-29)47-2)25-51-39(45)19-11-26-7-14-30(41)15-8-26/h7-20,22-24,37,40-43H,5-6,21,25H2,1-4H3/t37-,40-/m0/s1. The van der Waals surface area contributed by atoms with Crippen molar-refractivity contribution < 1.29 is 58.1 Å². The maximum atomic E-state index is 12.7. The number of carbonyl (C=O) groups is 2. The Morgan fingerprint density at radius 3 is 1.94 bits per heavy atom. The van der Waals surface area contributed by atoms with Crippen molar-refractivity contribution >= 4 is 24.1 Å². The molecule has 0 aliphatic carbocycles. The number of aryl methyl sites for hydroxylation is 1. The number of aromatic hydroxyl groups is 3. The van der Waals surface area contributed by atoms with E-state index < -0.39 is 24.1 Å². The van der Waals surface area contributed by atoms with Crippen molar-refractivity contribution in [2.24, 2.45) is 0 Å². The fourth-order valence-corrected chi connectivity index (χ4v) is 5.11. The maximum absolute atomic E-state index is 12.7. The van der Waals surface area contributed by atoms with Crippen LogP contribution in [0, 0.1) is 0 Å². The van der Waals surface area contributed by atoms with Crippen LogP contribution >= 0.6 is 0 Å². The number of esters is 2. The highest BCUT2D eigenvalue weighted by atomic mass is 16.6. The minimum absolute atomic E-state index is 0.00463. The Morgan fingerprint density at radius 1 is 0.654 bits per heavy atom. The van der Waals surface area contributed by atoms with E-state index in [2.05, 4.69) is 0 Å². The molecule has 0 saturated heterocycles. The molecule has 4 aromatic rings. The summed E-state index contributed by atoms with van der Waals surface area (Å²) in [6.07, 6.45) is 5.18. The molecule has 0 aliphatic heterocycles. The van der Waals surface area contributed by atoms with Crippen molar-refractivity contribution in [1.82, 2.24) is 0 Å². The molecule has 52 heavy (non-hydrogen) atoms. The summed E-state index contributed by atoms with van der Waals surface area (Å²) in [6, 6.07) is 21.2. The average molecular weight is 715 g/mol. The van der Waals surface area contributed by atoms with Gasteiger partial charge in [0.15, 0.2) is 40.6 Å². The first-order chi connectivity index (χ1) is 25.1. The maximum Gasteiger partial charge on any atom is 0.330 e. The van der Waals surface area contributed by atoms with Crippen molar-refractivity contribution in [2.45, 2.75) is 25.0 Å². The molecule has 0 spiro atoms. The van der Waals surface area contributed by atoms with Gasteiger partial charge in [0.05, 0.1) is 27.9 Å². The lowest BCUT2D eigenvalue weighted by molar-refractivity contribution is -0.143. The van der Waals surface area contributed by atoms with E-state index in [4.69, 9.17) is 33.2 Å². The van der Waals surface area contributed by atoms with Gasteiger partial charge in [0.25, 0.3) is 0 Å². The Hall–Kier alpha value is -6.14. The quantitative estimate of drug-likeness (QED) is 0.0592. The van der Waals surface area contributed by atoms with E-state index in [0.29, 0.717) is 46.8 Å². The van der Waals surface area contributed by atoms with E-state index in [-0.39, 0.29) is 36.2 Å². The Balaban J connectivity index is 1.42. The van der Waals surface area contributed by atoms with Crippen molar-refractivity contribution in [3.05, 3.63) is 113 Å². The van der Waals surface area contributed by atoms with Crippen molar-refractivity contribution in [1.29, 1.82) is 0 Å². The van der Waals surface area contributed by atoms with Crippen LogP contribution in [0.3, 0.4) is 0 Å². The lowest BCUT2D eigenvalue weighted by Gasteiger charge is -2.28. The van der Waals surface area contributed by atoms with Gasteiger partial charge in [0.2, 0.25) is 0 Å². The third kappa shape index (κ3) is 11.2. The van der Waals surface area contributed by atoms with Crippen LogP contribution in [0.15, 0.2) is 91.0 Å². The highest BCUT2D eigenvalue weighted by molar-refractivity contribution is 5.87. The summed E-state index contributed by atoms with van der Waals surface area (Å²) >= 11 is 0. The lowest BCUT2D eigenvalue weighted by Crippen LogP contribution is -2.32. The molecule has 12 heteroatoms. The summed E-state index contributed by atoms with van der Waals surface area (Å²) in [4.78, 5) is 25.0. The molecule has 0 unspecified atom stereocenters. The highest BCUT2D eigenvalue weighted by Gasteiger charge is 2.29. The van der Waals surface area contributed by atoms with E-state index in [1.54, 1.807) is 54.6 Å². The average Bonchev–Trinajstić information content (AvgIpc) is 3.16. The van der Waals surface area contributed by atoms with Gasteiger partial charge in [-0.1, -0.05) is 30.3 Å². The number of hydrogen-bond acceptors (Lipinski definition) is 12. The lowest BCUT2D eigenvalue weighted by atomic mass is 10.0. The number of methoxy groups -OCH3 is 4. The van der Waals surface area contributed by atoms with Crippen molar-refractivity contribution in [3.63, 3.8) is 0 Å². The fourth-order valence-electron chi connectivity index (χ4n) is 5.11. The zero-order valence-electron chi connectivity index (χ0n) is 29.3. The van der Waals surface area contributed by atoms with Gasteiger partial charge < -0.3 is 48.5 Å². The molecule has 0 heterocycles. The zero-order chi connectivity index (χ0) is 37.5. The minimum atomic E-state index is -0.875. The van der Waals surface area contributed by atoms with E-state index in [1.165, 1.54) is 64.9 Å². The van der Waals surface area contributed by atoms with Crippen LogP contribution in [0.2, 0.25) is 0 Å². The van der Waals surface area contributed by atoms with Gasteiger partial charge in [-0.05, 0) is 95.8 Å². The third-order valence-corrected chi connectivity index (χ3v) is 7.79. The van der Waals surface area contributed by atoms with E-state index >= 15 is 0 Å². The topological polar surface area (TPSA) is 159 Å². The van der Waals surface area contributed by atoms with Crippen LogP contribution in [0.25, 0.3) is 12.2 Å². The normalized spacial score (nSPS) is 12.3.